The van der Waals surface area contributed by atoms with Gasteiger partial charge in [-0.3, -0.25) is 14.9 Å². The quantitative estimate of drug-likeness (QED) is 0.499. The molecule has 0 saturated carbocycles. The molecule has 26 heavy (non-hydrogen) atoms. The van der Waals surface area contributed by atoms with Crippen LogP contribution in [0.15, 0.2) is 41.5 Å². The summed E-state index contributed by atoms with van der Waals surface area (Å²) in [6, 6.07) is 9.22. The van der Waals surface area contributed by atoms with E-state index in [9.17, 15) is 20.0 Å². The number of para-hydroxylation sites is 2. The van der Waals surface area contributed by atoms with E-state index >= 15 is 0 Å². The first kappa shape index (κ1) is 17.2. The minimum atomic E-state index is -0.902. The van der Waals surface area contributed by atoms with Crippen molar-refractivity contribution >= 4 is 17.8 Å². The molecule has 134 valence electrons. The Bertz CT molecular complexity index is 896. The SMILES string of the molecule is Cc1cc([N+](=O)[O-])cc(/C=N\NC(=O)[C@H]2COc3ccccc3O2)c1[O-]. The zero-order valence-corrected chi connectivity index (χ0v) is 13.7. The van der Waals surface area contributed by atoms with Crippen molar-refractivity contribution in [1.82, 2.24) is 5.43 Å². The second-order valence-electron chi connectivity index (χ2n) is 5.54. The number of carbonyl (C=O) groups excluding carboxylic acids is 1. The molecule has 0 aromatic heterocycles. The van der Waals surface area contributed by atoms with E-state index in [1.807, 2.05) is 0 Å². The van der Waals surface area contributed by atoms with Gasteiger partial charge in [0.1, 0.15) is 6.61 Å². The van der Waals surface area contributed by atoms with Crippen LogP contribution in [0.5, 0.6) is 17.2 Å². The molecular formula is C17H14N3O6-. The van der Waals surface area contributed by atoms with E-state index in [2.05, 4.69) is 10.5 Å². The Hall–Kier alpha value is -3.62. The van der Waals surface area contributed by atoms with Crippen LogP contribution in [0.2, 0.25) is 0 Å². The van der Waals surface area contributed by atoms with Crippen LogP contribution in [0, 0.1) is 17.0 Å². The number of fused-ring (bicyclic) bond motifs is 1. The van der Waals surface area contributed by atoms with Gasteiger partial charge in [-0.1, -0.05) is 23.4 Å². The topological polar surface area (TPSA) is 126 Å². The summed E-state index contributed by atoms with van der Waals surface area (Å²) < 4.78 is 11.0. The first-order valence-corrected chi connectivity index (χ1v) is 7.63. The molecule has 0 saturated heterocycles. The number of hydrogen-bond donors (Lipinski definition) is 1. The summed E-state index contributed by atoms with van der Waals surface area (Å²) in [6.07, 6.45) is 0.165. The van der Waals surface area contributed by atoms with Crippen LogP contribution in [0.3, 0.4) is 0 Å². The van der Waals surface area contributed by atoms with Crippen molar-refractivity contribution < 1.29 is 24.3 Å². The summed E-state index contributed by atoms with van der Waals surface area (Å²) in [5.41, 5.74) is 2.24. The van der Waals surface area contributed by atoms with Crippen LogP contribution in [0.25, 0.3) is 0 Å². The number of non-ortho nitro benzene ring substituents is 1. The molecule has 9 heteroatoms. The second kappa shape index (κ2) is 7.09. The fraction of sp³-hybridized carbons (Fsp3) is 0.176. The first-order chi connectivity index (χ1) is 12.5. The summed E-state index contributed by atoms with van der Waals surface area (Å²) >= 11 is 0. The average molecular weight is 356 g/mol. The Labute approximate surface area is 148 Å². The molecular weight excluding hydrogens is 342 g/mol. The minimum Gasteiger partial charge on any atom is -0.872 e. The largest absolute Gasteiger partial charge is 0.872 e. The van der Waals surface area contributed by atoms with E-state index in [4.69, 9.17) is 9.47 Å². The van der Waals surface area contributed by atoms with Gasteiger partial charge in [-0.15, -0.1) is 0 Å². The lowest BCUT2D eigenvalue weighted by Crippen LogP contribution is -2.42. The smallest absolute Gasteiger partial charge is 0.284 e. The second-order valence-corrected chi connectivity index (χ2v) is 5.54. The fourth-order valence-corrected chi connectivity index (χ4v) is 2.37. The summed E-state index contributed by atoms with van der Waals surface area (Å²) in [6.45, 7) is 1.48. The highest BCUT2D eigenvalue weighted by Crippen LogP contribution is 2.30. The van der Waals surface area contributed by atoms with Crippen molar-refractivity contribution in [2.24, 2.45) is 5.10 Å². The molecule has 0 fully saturated rings. The number of amides is 1. The predicted octanol–water partition coefficient (Wildman–Crippen LogP) is 1.27. The van der Waals surface area contributed by atoms with Gasteiger partial charge in [-0.2, -0.15) is 5.10 Å². The number of nitro groups is 1. The number of nitro benzene ring substituents is 1. The first-order valence-electron chi connectivity index (χ1n) is 7.63. The molecule has 1 amide bonds. The summed E-state index contributed by atoms with van der Waals surface area (Å²) in [4.78, 5) is 22.4. The third-order valence-corrected chi connectivity index (χ3v) is 3.68. The van der Waals surface area contributed by atoms with Crippen LogP contribution in [0.4, 0.5) is 5.69 Å². The van der Waals surface area contributed by atoms with E-state index < -0.39 is 22.7 Å². The van der Waals surface area contributed by atoms with Gasteiger partial charge in [-0.05, 0) is 24.6 Å². The Morgan fingerprint density at radius 3 is 2.81 bits per heavy atom. The molecule has 1 aliphatic rings. The highest BCUT2D eigenvalue weighted by atomic mass is 16.6. The van der Waals surface area contributed by atoms with E-state index in [1.165, 1.54) is 13.0 Å². The average Bonchev–Trinajstić information content (AvgIpc) is 2.64. The number of carbonyl (C=O) groups is 1. The number of aryl methyl sites for hydroxylation is 1. The number of rotatable bonds is 4. The molecule has 1 heterocycles. The Kier molecular flexibility index (Phi) is 4.70. The lowest BCUT2D eigenvalue weighted by Gasteiger charge is -2.24. The van der Waals surface area contributed by atoms with Crippen molar-refractivity contribution in [2.45, 2.75) is 13.0 Å². The summed E-state index contributed by atoms with van der Waals surface area (Å²) in [5, 5.41) is 26.5. The fourth-order valence-electron chi connectivity index (χ4n) is 2.37. The maximum Gasteiger partial charge on any atom is 0.284 e. The molecule has 3 rings (SSSR count). The molecule has 0 unspecified atom stereocenters. The number of hydrogen-bond acceptors (Lipinski definition) is 7. The number of hydrazone groups is 1. The van der Waals surface area contributed by atoms with Crippen LogP contribution in [0.1, 0.15) is 11.1 Å². The molecule has 2 aromatic carbocycles. The zero-order valence-electron chi connectivity index (χ0n) is 13.7. The minimum absolute atomic E-state index is 0.00292. The van der Waals surface area contributed by atoms with Gasteiger partial charge in [0.25, 0.3) is 11.6 Å². The third kappa shape index (κ3) is 3.56. The third-order valence-electron chi connectivity index (χ3n) is 3.68. The molecule has 0 bridgehead atoms. The van der Waals surface area contributed by atoms with Gasteiger partial charge >= 0.3 is 0 Å². The highest BCUT2D eigenvalue weighted by Gasteiger charge is 2.27. The van der Waals surface area contributed by atoms with Crippen LogP contribution in [-0.2, 0) is 4.79 Å². The van der Waals surface area contributed by atoms with Crippen molar-refractivity contribution in [3.63, 3.8) is 0 Å². The van der Waals surface area contributed by atoms with Crippen molar-refractivity contribution in [3.8, 4) is 17.2 Å². The number of benzene rings is 2. The van der Waals surface area contributed by atoms with Crippen LogP contribution in [-0.4, -0.2) is 29.8 Å². The lowest BCUT2D eigenvalue weighted by atomic mass is 10.1. The maximum absolute atomic E-state index is 12.1. The van der Waals surface area contributed by atoms with E-state index in [-0.39, 0.29) is 23.4 Å². The van der Waals surface area contributed by atoms with E-state index in [0.29, 0.717) is 11.5 Å². The molecule has 0 radical (unpaired) electrons. The van der Waals surface area contributed by atoms with Crippen molar-refractivity contribution in [3.05, 3.63) is 57.6 Å². The summed E-state index contributed by atoms with van der Waals surface area (Å²) in [7, 11) is 0. The molecule has 1 N–H and O–H groups in total. The Morgan fingerprint density at radius 1 is 1.35 bits per heavy atom. The molecule has 0 aliphatic carbocycles. The van der Waals surface area contributed by atoms with Gasteiger partial charge in [0.05, 0.1) is 11.1 Å². The monoisotopic (exact) mass is 356 g/mol. The molecule has 2 aromatic rings. The number of nitrogens with zero attached hydrogens (tertiary/aromatic N) is 2. The zero-order chi connectivity index (χ0) is 18.7. The van der Waals surface area contributed by atoms with Gasteiger partial charge in [-0.25, -0.2) is 5.43 Å². The summed E-state index contributed by atoms with van der Waals surface area (Å²) in [5.74, 6) is 0.0206. The molecule has 1 atom stereocenters. The van der Waals surface area contributed by atoms with E-state index in [1.54, 1.807) is 24.3 Å². The van der Waals surface area contributed by atoms with Crippen LogP contribution >= 0.6 is 0 Å². The lowest BCUT2D eigenvalue weighted by molar-refractivity contribution is -0.385. The van der Waals surface area contributed by atoms with E-state index in [0.717, 1.165) is 12.3 Å². The molecule has 0 spiro atoms. The van der Waals surface area contributed by atoms with Gasteiger partial charge < -0.3 is 14.6 Å². The number of nitrogens with one attached hydrogen (secondary N) is 1. The molecule has 9 nitrogen and oxygen atoms in total. The van der Waals surface area contributed by atoms with Crippen molar-refractivity contribution in [2.75, 3.05) is 6.61 Å². The standard InChI is InChI=1S/C17H15N3O6/c1-10-6-12(20(23)24)7-11(16(10)21)8-18-19-17(22)15-9-25-13-4-2-3-5-14(13)26-15/h2-8,15,21H,9H2,1H3,(H,19,22)/p-1/b18-8-/t15-/m1/s1. The van der Waals surface area contributed by atoms with Gasteiger partial charge in [0, 0.05) is 12.1 Å². The highest BCUT2D eigenvalue weighted by molar-refractivity contribution is 5.87. The molecule has 1 aliphatic heterocycles. The maximum atomic E-state index is 12.1. The Morgan fingerprint density at radius 2 is 2.08 bits per heavy atom. The van der Waals surface area contributed by atoms with Crippen LogP contribution < -0.4 is 20.0 Å². The van der Waals surface area contributed by atoms with Gasteiger partial charge in [0.2, 0.25) is 6.10 Å². The normalized spacial score (nSPS) is 15.7. The van der Waals surface area contributed by atoms with Gasteiger partial charge in [0.15, 0.2) is 11.5 Å². The van der Waals surface area contributed by atoms with Crippen molar-refractivity contribution in [1.29, 1.82) is 0 Å². The predicted molar refractivity (Wildman–Crippen MR) is 89.4 cm³/mol. The Balaban J connectivity index is 1.68. The number of ether oxygens (including phenoxy) is 2.